The molecule has 21 heavy (non-hydrogen) atoms. The number of hydrogen-bond donors (Lipinski definition) is 3. The molecule has 0 bridgehead atoms. The fourth-order valence-electron chi connectivity index (χ4n) is 2.39. The van der Waals surface area contributed by atoms with Crippen molar-refractivity contribution in [2.45, 2.75) is 25.6 Å². The van der Waals surface area contributed by atoms with Gasteiger partial charge in [0, 0.05) is 31.3 Å². The van der Waals surface area contributed by atoms with Crippen LogP contribution < -0.4 is 11.3 Å². The number of nitrogens with one attached hydrogen (secondary N) is 1. The highest BCUT2D eigenvalue weighted by Gasteiger charge is 2.26. The van der Waals surface area contributed by atoms with E-state index >= 15 is 0 Å². The molecule has 0 amide bonds. The second kappa shape index (κ2) is 6.81. The molecule has 0 aliphatic carbocycles. The Morgan fingerprint density at radius 3 is 3.00 bits per heavy atom. The Kier molecular flexibility index (Phi) is 5.07. The second-order valence-electron chi connectivity index (χ2n) is 5.16. The first-order valence-corrected chi connectivity index (χ1v) is 6.75. The van der Waals surface area contributed by atoms with Gasteiger partial charge in [0.15, 0.2) is 0 Å². The van der Waals surface area contributed by atoms with Crippen molar-refractivity contribution in [3.8, 4) is 0 Å². The molecule has 1 aromatic carbocycles. The van der Waals surface area contributed by atoms with Gasteiger partial charge in [0.05, 0.1) is 29.9 Å². The number of morpholine rings is 1. The summed E-state index contributed by atoms with van der Waals surface area (Å²) in [6.45, 7) is 3.57. The van der Waals surface area contributed by atoms with Gasteiger partial charge in [0.25, 0.3) is 5.69 Å². The number of hydrogen-bond acceptors (Lipinski definition) is 7. The Hall–Kier alpha value is -1.74. The molecule has 116 valence electrons. The van der Waals surface area contributed by atoms with Gasteiger partial charge in [0.2, 0.25) is 0 Å². The summed E-state index contributed by atoms with van der Waals surface area (Å²) in [5.74, 6) is 5.47. The van der Waals surface area contributed by atoms with Crippen LogP contribution in [0, 0.1) is 10.1 Å². The minimum atomic E-state index is -0.428. The van der Waals surface area contributed by atoms with Crippen LogP contribution in [-0.4, -0.2) is 46.8 Å². The lowest BCUT2D eigenvalue weighted by Crippen LogP contribution is -2.48. The number of anilines is 1. The Balaban J connectivity index is 2.20. The van der Waals surface area contributed by atoms with E-state index in [9.17, 15) is 15.2 Å². The predicted octanol–water partition coefficient (Wildman–Crippen LogP) is 0.462. The van der Waals surface area contributed by atoms with Gasteiger partial charge in [-0.05, 0) is 18.6 Å². The Morgan fingerprint density at radius 2 is 2.38 bits per heavy atom. The van der Waals surface area contributed by atoms with Gasteiger partial charge in [-0.3, -0.25) is 20.9 Å². The fraction of sp³-hybridized carbons (Fsp3) is 0.538. The molecule has 1 aliphatic heterocycles. The summed E-state index contributed by atoms with van der Waals surface area (Å²) in [5, 5.41) is 20.1. The number of nitro groups is 1. The molecular formula is C13H20N4O4. The highest BCUT2D eigenvalue weighted by molar-refractivity contribution is 5.55. The summed E-state index contributed by atoms with van der Waals surface area (Å²) in [4.78, 5) is 12.6. The number of nitrogens with two attached hydrogens (primary N) is 1. The van der Waals surface area contributed by atoms with Crippen LogP contribution in [0.15, 0.2) is 18.2 Å². The highest BCUT2D eigenvalue weighted by atomic mass is 16.6. The van der Waals surface area contributed by atoms with Crippen LogP contribution in [-0.2, 0) is 11.3 Å². The first-order valence-electron chi connectivity index (χ1n) is 6.75. The van der Waals surface area contributed by atoms with Crippen molar-refractivity contribution >= 4 is 11.4 Å². The smallest absolute Gasteiger partial charge is 0.269 e. The number of rotatable bonds is 5. The van der Waals surface area contributed by atoms with E-state index in [0.29, 0.717) is 25.4 Å². The summed E-state index contributed by atoms with van der Waals surface area (Å²) in [6, 6.07) is 4.70. The number of nitrogen functional groups attached to an aromatic ring is 1. The summed E-state index contributed by atoms with van der Waals surface area (Å²) in [7, 11) is 0. The molecule has 4 N–H and O–H groups in total. The zero-order chi connectivity index (χ0) is 15.4. The largest absolute Gasteiger partial charge is 0.394 e. The lowest BCUT2D eigenvalue weighted by atomic mass is 10.1. The number of benzene rings is 1. The molecule has 1 saturated heterocycles. The maximum atomic E-state index is 10.9. The molecule has 8 nitrogen and oxygen atoms in total. The van der Waals surface area contributed by atoms with Crippen molar-refractivity contribution in [3.05, 3.63) is 33.9 Å². The average molecular weight is 296 g/mol. The first-order chi connectivity index (χ1) is 10.0. The Morgan fingerprint density at radius 1 is 1.62 bits per heavy atom. The van der Waals surface area contributed by atoms with Gasteiger partial charge in [-0.25, -0.2) is 0 Å². The topological polar surface area (TPSA) is 114 Å². The van der Waals surface area contributed by atoms with Gasteiger partial charge < -0.3 is 15.3 Å². The normalized spacial score (nSPS) is 23.0. The van der Waals surface area contributed by atoms with Crippen molar-refractivity contribution < 1.29 is 14.8 Å². The number of nitro benzene ring substituents is 1. The Bertz CT molecular complexity index is 511. The maximum absolute atomic E-state index is 10.9. The van der Waals surface area contributed by atoms with Gasteiger partial charge >= 0.3 is 0 Å². The zero-order valence-electron chi connectivity index (χ0n) is 11.9. The fourth-order valence-corrected chi connectivity index (χ4v) is 2.39. The van der Waals surface area contributed by atoms with E-state index in [1.165, 1.54) is 12.1 Å². The van der Waals surface area contributed by atoms with E-state index in [0.717, 1.165) is 5.56 Å². The van der Waals surface area contributed by atoms with Crippen LogP contribution in [0.5, 0.6) is 0 Å². The minimum absolute atomic E-state index is 0.0311. The molecule has 2 atom stereocenters. The third kappa shape index (κ3) is 3.67. The number of ether oxygens (including phenoxy) is 1. The first kappa shape index (κ1) is 15.6. The van der Waals surface area contributed by atoms with Gasteiger partial charge in [-0.2, -0.15) is 0 Å². The maximum Gasteiger partial charge on any atom is 0.269 e. The van der Waals surface area contributed by atoms with Crippen LogP contribution in [0.2, 0.25) is 0 Å². The lowest BCUT2D eigenvalue weighted by molar-refractivity contribution is -0.384. The number of aliphatic hydroxyl groups excluding tert-OH is 1. The summed E-state index contributed by atoms with van der Waals surface area (Å²) >= 11 is 0. The molecule has 0 spiro atoms. The summed E-state index contributed by atoms with van der Waals surface area (Å²) in [6.07, 6.45) is -0.228. The molecule has 2 rings (SSSR count). The summed E-state index contributed by atoms with van der Waals surface area (Å²) < 4.78 is 5.49. The molecule has 1 aromatic rings. The van der Waals surface area contributed by atoms with Gasteiger partial charge in [-0.15, -0.1) is 0 Å². The second-order valence-corrected chi connectivity index (χ2v) is 5.16. The van der Waals surface area contributed by atoms with E-state index in [-0.39, 0.29) is 24.4 Å². The molecule has 1 aliphatic rings. The molecular weight excluding hydrogens is 276 g/mol. The molecule has 8 heteroatoms. The number of hydrazine groups is 1. The van der Waals surface area contributed by atoms with Crippen molar-refractivity contribution in [2.24, 2.45) is 5.84 Å². The minimum Gasteiger partial charge on any atom is -0.394 e. The van der Waals surface area contributed by atoms with E-state index in [1.54, 1.807) is 6.07 Å². The monoisotopic (exact) mass is 296 g/mol. The van der Waals surface area contributed by atoms with Gasteiger partial charge in [-0.1, -0.05) is 0 Å². The Labute approximate surface area is 122 Å². The van der Waals surface area contributed by atoms with E-state index < -0.39 is 4.92 Å². The number of aliphatic hydroxyl groups is 1. The van der Waals surface area contributed by atoms with Crippen molar-refractivity contribution in [2.75, 3.05) is 25.2 Å². The van der Waals surface area contributed by atoms with E-state index in [2.05, 4.69) is 10.3 Å². The van der Waals surface area contributed by atoms with Crippen LogP contribution in [0.25, 0.3) is 0 Å². The third-order valence-electron chi connectivity index (χ3n) is 3.67. The molecule has 1 heterocycles. The number of non-ortho nitro benzene ring substituents is 1. The van der Waals surface area contributed by atoms with Crippen molar-refractivity contribution in [1.29, 1.82) is 0 Å². The van der Waals surface area contributed by atoms with Crippen LogP contribution in [0.3, 0.4) is 0 Å². The molecule has 1 fully saturated rings. The SMILES string of the molecule is CC1COC(CO)CN1Cc1cc([N+](=O)[O-])ccc1NN. The van der Waals surface area contributed by atoms with E-state index in [4.69, 9.17) is 10.6 Å². The van der Waals surface area contributed by atoms with Gasteiger partial charge in [0.1, 0.15) is 0 Å². The van der Waals surface area contributed by atoms with Crippen molar-refractivity contribution in [1.82, 2.24) is 4.90 Å². The standard InChI is InChI=1S/C13H20N4O4/c1-9-8-21-12(7-18)6-16(9)5-10-4-11(17(19)20)2-3-13(10)15-14/h2-4,9,12,15,18H,5-8,14H2,1H3. The number of nitrogens with zero attached hydrogens (tertiary/aromatic N) is 2. The quantitative estimate of drug-likeness (QED) is 0.411. The molecule has 0 radical (unpaired) electrons. The molecule has 2 unspecified atom stereocenters. The predicted molar refractivity (Wildman–Crippen MR) is 77.6 cm³/mol. The lowest BCUT2D eigenvalue weighted by Gasteiger charge is -2.37. The molecule has 0 saturated carbocycles. The van der Waals surface area contributed by atoms with Crippen LogP contribution in [0.4, 0.5) is 11.4 Å². The molecule has 0 aromatic heterocycles. The zero-order valence-corrected chi connectivity index (χ0v) is 11.9. The van der Waals surface area contributed by atoms with Crippen LogP contribution >= 0.6 is 0 Å². The third-order valence-corrected chi connectivity index (χ3v) is 3.67. The average Bonchev–Trinajstić information content (AvgIpc) is 2.49. The van der Waals surface area contributed by atoms with Crippen LogP contribution in [0.1, 0.15) is 12.5 Å². The highest BCUT2D eigenvalue weighted by Crippen LogP contribution is 2.25. The summed E-state index contributed by atoms with van der Waals surface area (Å²) in [5.41, 5.74) is 3.99. The van der Waals surface area contributed by atoms with E-state index in [1.807, 2.05) is 6.92 Å². The van der Waals surface area contributed by atoms with Crippen molar-refractivity contribution in [3.63, 3.8) is 0 Å².